The summed E-state index contributed by atoms with van der Waals surface area (Å²) in [5, 5.41) is 7.65. The number of benzene rings is 8. The molecule has 3 heterocycles. The lowest BCUT2D eigenvalue weighted by Gasteiger charge is -2.11. The fourth-order valence-corrected chi connectivity index (χ4v) is 7.68. The van der Waals surface area contributed by atoms with Crippen molar-refractivity contribution in [3.63, 3.8) is 0 Å². The predicted molar refractivity (Wildman–Crippen MR) is 213 cm³/mol. The van der Waals surface area contributed by atoms with Gasteiger partial charge in [0, 0.05) is 27.3 Å². The number of nitrogens with zero attached hydrogens (tertiary/aromatic N) is 2. The Balaban J connectivity index is 1.17. The van der Waals surface area contributed by atoms with E-state index in [0.29, 0.717) is 11.4 Å². The number of fused-ring (bicyclic) bond motifs is 8. The standard InChI is InChI=1S/C48H28N2O2/c1-2-10-29(11-3-1)32-20-21-34-26-36(23-22-33(34)25-32)45-47-46(39-15-7-9-17-42(39)52-47)50-48(49-45)40-27-37(35-19-18-30-12-4-5-13-31(30)24-35)28-43-44(40)38-14-6-8-16-41(38)51-43/h1-28H. The molecule has 3 aromatic heterocycles. The molecular formula is C48H28N2O2. The summed E-state index contributed by atoms with van der Waals surface area (Å²) >= 11 is 0. The van der Waals surface area contributed by atoms with Gasteiger partial charge in [0.25, 0.3) is 0 Å². The molecule has 0 aliphatic heterocycles. The van der Waals surface area contributed by atoms with E-state index in [2.05, 4.69) is 133 Å². The molecule has 0 saturated heterocycles. The minimum Gasteiger partial charge on any atom is -0.456 e. The van der Waals surface area contributed by atoms with Crippen LogP contribution in [0, 0.1) is 0 Å². The van der Waals surface area contributed by atoms with Crippen LogP contribution in [0.3, 0.4) is 0 Å². The summed E-state index contributed by atoms with van der Waals surface area (Å²) in [6.07, 6.45) is 0. The van der Waals surface area contributed by atoms with E-state index in [-0.39, 0.29) is 0 Å². The first-order valence-corrected chi connectivity index (χ1v) is 17.5. The molecule has 0 N–H and O–H groups in total. The summed E-state index contributed by atoms with van der Waals surface area (Å²) in [7, 11) is 0. The van der Waals surface area contributed by atoms with Crippen LogP contribution in [-0.4, -0.2) is 9.97 Å². The van der Waals surface area contributed by atoms with Crippen molar-refractivity contribution in [1.82, 2.24) is 9.97 Å². The minimum absolute atomic E-state index is 0.618. The van der Waals surface area contributed by atoms with Gasteiger partial charge in [-0.2, -0.15) is 0 Å². The Morgan fingerprint density at radius 3 is 1.77 bits per heavy atom. The van der Waals surface area contributed by atoms with Crippen LogP contribution in [-0.2, 0) is 0 Å². The van der Waals surface area contributed by atoms with Crippen LogP contribution in [0.15, 0.2) is 179 Å². The highest BCUT2D eigenvalue weighted by Crippen LogP contribution is 2.42. The number of hydrogen-bond donors (Lipinski definition) is 0. The quantitative estimate of drug-likeness (QED) is 0.188. The Labute approximate surface area is 298 Å². The van der Waals surface area contributed by atoms with Gasteiger partial charge in [0.1, 0.15) is 28.0 Å². The maximum atomic E-state index is 6.55. The molecule has 11 aromatic rings. The Morgan fingerprint density at radius 2 is 0.962 bits per heavy atom. The monoisotopic (exact) mass is 664 g/mol. The summed E-state index contributed by atoms with van der Waals surface area (Å²) in [4.78, 5) is 10.7. The number of rotatable bonds is 4. The van der Waals surface area contributed by atoms with Gasteiger partial charge in [0.2, 0.25) is 0 Å². The van der Waals surface area contributed by atoms with Gasteiger partial charge in [-0.15, -0.1) is 0 Å². The molecule has 0 fully saturated rings. The molecule has 0 aliphatic carbocycles. The van der Waals surface area contributed by atoms with E-state index in [1.165, 1.54) is 21.9 Å². The largest absolute Gasteiger partial charge is 0.456 e. The van der Waals surface area contributed by atoms with E-state index >= 15 is 0 Å². The van der Waals surface area contributed by atoms with Crippen LogP contribution in [0.5, 0.6) is 0 Å². The number of hydrogen-bond acceptors (Lipinski definition) is 4. The van der Waals surface area contributed by atoms with E-state index in [4.69, 9.17) is 18.8 Å². The topological polar surface area (TPSA) is 52.1 Å². The van der Waals surface area contributed by atoms with Gasteiger partial charge in [-0.25, -0.2) is 9.97 Å². The van der Waals surface area contributed by atoms with E-state index < -0.39 is 0 Å². The third kappa shape index (κ3) is 4.55. The molecule has 0 aliphatic rings. The molecular weight excluding hydrogens is 637 g/mol. The third-order valence-electron chi connectivity index (χ3n) is 10.2. The highest BCUT2D eigenvalue weighted by Gasteiger charge is 2.22. The zero-order valence-electron chi connectivity index (χ0n) is 27.9. The molecule has 4 heteroatoms. The first kappa shape index (κ1) is 28.8. The fraction of sp³-hybridized carbons (Fsp3) is 0. The van der Waals surface area contributed by atoms with Crippen molar-refractivity contribution in [3.8, 4) is 44.9 Å². The maximum Gasteiger partial charge on any atom is 0.180 e. The van der Waals surface area contributed by atoms with Crippen molar-refractivity contribution in [2.75, 3.05) is 0 Å². The van der Waals surface area contributed by atoms with Crippen LogP contribution in [0.1, 0.15) is 0 Å². The zero-order valence-corrected chi connectivity index (χ0v) is 27.9. The predicted octanol–water partition coefficient (Wildman–Crippen LogP) is 13.2. The van der Waals surface area contributed by atoms with Crippen LogP contribution in [0.25, 0.3) is 110 Å². The SMILES string of the molecule is c1ccc(-c2ccc3cc(-c4nc(-c5cc(-c6ccc7ccccc7c6)cc6oc7ccccc7c56)nc5c4oc4ccccc45)ccc3c2)cc1. The van der Waals surface area contributed by atoms with Gasteiger partial charge in [-0.1, -0.05) is 121 Å². The number of furan rings is 2. The lowest BCUT2D eigenvalue weighted by atomic mass is 9.96. The fourth-order valence-electron chi connectivity index (χ4n) is 7.68. The van der Waals surface area contributed by atoms with Crippen molar-refractivity contribution in [2.24, 2.45) is 0 Å². The molecule has 11 rings (SSSR count). The second kappa shape index (κ2) is 11.2. The summed E-state index contributed by atoms with van der Waals surface area (Å²) in [5.41, 5.74) is 11.0. The summed E-state index contributed by atoms with van der Waals surface area (Å²) < 4.78 is 13.1. The molecule has 0 radical (unpaired) electrons. The molecule has 0 amide bonds. The van der Waals surface area contributed by atoms with E-state index in [9.17, 15) is 0 Å². The van der Waals surface area contributed by atoms with Gasteiger partial charge in [0.15, 0.2) is 11.4 Å². The average Bonchev–Trinajstić information content (AvgIpc) is 3.78. The molecule has 0 spiro atoms. The molecule has 0 bridgehead atoms. The first-order chi connectivity index (χ1) is 25.7. The lowest BCUT2D eigenvalue weighted by Crippen LogP contribution is -1.95. The Hall–Kier alpha value is -7.04. The van der Waals surface area contributed by atoms with Gasteiger partial charge in [0.05, 0.1) is 0 Å². The Kier molecular flexibility index (Phi) is 6.22. The molecule has 0 atom stereocenters. The molecule has 242 valence electrons. The second-order valence-corrected chi connectivity index (χ2v) is 13.4. The second-order valence-electron chi connectivity index (χ2n) is 13.4. The van der Waals surface area contributed by atoms with Crippen molar-refractivity contribution in [1.29, 1.82) is 0 Å². The van der Waals surface area contributed by atoms with E-state index in [1.807, 2.05) is 36.4 Å². The van der Waals surface area contributed by atoms with Gasteiger partial charge < -0.3 is 8.83 Å². The van der Waals surface area contributed by atoms with E-state index in [0.717, 1.165) is 77.1 Å². The molecule has 0 saturated carbocycles. The normalized spacial score (nSPS) is 11.8. The summed E-state index contributed by atoms with van der Waals surface area (Å²) in [6.45, 7) is 0. The first-order valence-electron chi connectivity index (χ1n) is 17.5. The van der Waals surface area contributed by atoms with Crippen LogP contribution >= 0.6 is 0 Å². The molecule has 0 unspecified atom stereocenters. The van der Waals surface area contributed by atoms with Crippen LogP contribution < -0.4 is 0 Å². The maximum absolute atomic E-state index is 6.55. The summed E-state index contributed by atoms with van der Waals surface area (Å²) in [5.74, 6) is 0.618. The van der Waals surface area contributed by atoms with Crippen LogP contribution in [0.2, 0.25) is 0 Å². The molecule has 52 heavy (non-hydrogen) atoms. The van der Waals surface area contributed by atoms with Crippen LogP contribution in [0.4, 0.5) is 0 Å². The molecule has 8 aromatic carbocycles. The lowest BCUT2D eigenvalue weighted by molar-refractivity contribution is 0.667. The summed E-state index contributed by atoms with van der Waals surface area (Å²) in [6, 6.07) is 59.3. The van der Waals surface area contributed by atoms with Gasteiger partial charge in [-0.05, 0) is 92.3 Å². The zero-order chi connectivity index (χ0) is 34.2. The Bertz CT molecular complexity index is 3190. The highest BCUT2D eigenvalue weighted by molar-refractivity contribution is 6.14. The van der Waals surface area contributed by atoms with Crippen molar-refractivity contribution >= 4 is 65.6 Å². The number of para-hydroxylation sites is 2. The van der Waals surface area contributed by atoms with Crippen molar-refractivity contribution in [3.05, 3.63) is 170 Å². The number of aromatic nitrogens is 2. The third-order valence-corrected chi connectivity index (χ3v) is 10.2. The average molecular weight is 665 g/mol. The smallest absolute Gasteiger partial charge is 0.180 e. The van der Waals surface area contributed by atoms with Crippen molar-refractivity contribution < 1.29 is 8.83 Å². The molecule has 4 nitrogen and oxygen atoms in total. The Morgan fingerprint density at radius 1 is 0.365 bits per heavy atom. The van der Waals surface area contributed by atoms with Crippen molar-refractivity contribution in [2.45, 2.75) is 0 Å². The van der Waals surface area contributed by atoms with Gasteiger partial charge in [-0.3, -0.25) is 0 Å². The van der Waals surface area contributed by atoms with E-state index in [1.54, 1.807) is 0 Å². The minimum atomic E-state index is 0.618. The highest BCUT2D eigenvalue weighted by atomic mass is 16.3. The van der Waals surface area contributed by atoms with Gasteiger partial charge >= 0.3 is 0 Å².